The van der Waals surface area contributed by atoms with E-state index in [1.807, 2.05) is 25.4 Å². The minimum Gasteiger partial charge on any atom is -0.361 e. The van der Waals surface area contributed by atoms with Gasteiger partial charge in [0.25, 0.3) is 0 Å². The predicted molar refractivity (Wildman–Crippen MR) is 96.4 cm³/mol. The van der Waals surface area contributed by atoms with Crippen molar-refractivity contribution < 1.29 is 8.91 Å². The quantitative estimate of drug-likeness (QED) is 0.731. The summed E-state index contributed by atoms with van der Waals surface area (Å²) in [6, 6.07) is 8.86. The van der Waals surface area contributed by atoms with Crippen LogP contribution in [-0.2, 0) is 13.0 Å². The van der Waals surface area contributed by atoms with Gasteiger partial charge in [0, 0.05) is 36.8 Å². The van der Waals surface area contributed by atoms with E-state index in [1.165, 1.54) is 31.4 Å². The highest BCUT2D eigenvalue weighted by Crippen LogP contribution is 2.29. The lowest BCUT2D eigenvalue weighted by molar-refractivity contribution is 0.329. The van der Waals surface area contributed by atoms with Crippen molar-refractivity contribution in [2.24, 2.45) is 5.92 Å². The summed E-state index contributed by atoms with van der Waals surface area (Å²) in [7, 11) is 0. The topological polar surface area (TPSA) is 55.9 Å². The number of aromatic nitrogens is 3. The van der Waals surface area contributed by atoms with Crippen LogP contribution in [0.25, 0.3) is 5.69 Å². The number of aryl methyl sites for hydroxylation is 1. The Labute approximate surface area is 152 Å². The lowest BCUT2D eigenvalue weighted by Gasteiger charge is -2.19. The van der Waals surface area contributed by atoms with Crippen LogP contribution in [0.2, 0.25) is 0 Å². The highest BCUT2D eigenvalue weighted by molar-refractivity contribution is 5.31. The van der Waals surface area contributed by atoms with E-state index in [2.05, 4.69) is 15.6 Å². The summed E-state index contributed by atoms with van der Waals surface area (Å²) in [6.45, 7) is 2.73. The van der Waals surface area contributed by atoms with Gasteiger partial charge in [-0.1, -0.05) is 11.6 Å². The molecule has 0 aliphatic heterocycles. The van der Waals surface area contributed by atoms with E-state index in [0.29, 0.717) is 12.0 Å². The number of nitrogens with one attached hydrogen (secondary N) is 1. The number of hydrogen-bond acceptors (Lipinski definition) is 4. The second-order valence-corrected chi connectivity index (χ2v) is 7.09. The minimum absolute atomic E-state index is 0.239. The summed E-state index contributed by atoms with van der Waals surface area (Å²) in [5.74, 6) is 1.32. The molecule has 1 N–H and O–H groups in total. The van der Waals surface area contributed by atoms with E-state index in [-0.39, 0.29) is 5.82 Å². The third-order valence-corrected chi connectivity index (χ3v) is 5.09. The molecule has 0 radical (unpaired) electrons. The van der Waals surface area contributed by atoms with Crippen molar-refractivity contribution >= 4 is 0 Å². The summed E-state index contributed by atoms with van der Waals surface area (Å²) in [5.41, 5.74) is 2.92. The number of hydrogen-bond donors (Lipinski definition) is 1. The summed E-state index contributed by atoms with van der Waals surface area (Å²) >= 11 is 0. The van der Waals surface area contributed by atoms with Crippen LogP contribution in [0, 0.1) is 18.7 Å². The molecule has 0 unspecified atom stereocenters. The first-order chi connectivity index (χ1) is 12.7. The van der Waals surface area contributed by atoms with Crippen molar-refractivity contribution in [2.75, 3.05) is 0 Å². The van der Waals surface area contributed by atoms with Gasteiger partial charge in [0.1, 0.15) is 11.6 Å². The molecular weight excluding hydrogens is 331 g/mol. The van der Waals surface area contributed by atoms with Crippen LogP contribution in [0.1, 0.15) is 36.3 Å². The molecule has 2 atom stereocenters. The number of benzene rings is 1. The van der Waals surface area contributed by atoms with E-state index in [4.69, 9.17) is 4.52 Å². The fraction of sp³-hybridized carbons (Fsp3) is 0.400. The molecule has 6 heteroatoms. The van der Waals surface area contributed by atoms with E-state index < -0.39 is 0 Å². The maximum absolute atomic E-state index is 13.0. The SMILES string of the molecule is Cc1cc(C[C@@H]2CCC[C@H]2NCc2cnn(-c3ccc(F)cc3)c2)on1. The summed E-state index contributed by atoms with van der Waals surface area (Å²) in [5, 5.41) is 12.0. The molecule has 1 aromatic carbocycles. The molecule has 0 saturated heterocycles. The normalized spacial score (nSPS) is 19.9. The molecule has 0 amide bonds. The first-order valence-corrected chi connectivity index (χ1v) is 9.12. The van der Waals surface area contributed by atoms with Crippen LogP contribution in [0.3, 0.4) is 0 Å². The van der Waals surface area contributed by atoms with Gasteiger partial charge < -0.3 is 9.84 Å². The standard InChI is InChI=1S/C20H23FN4O/c1-14-9-19(26-24-14)10-16-3-2-4-20(16)22-11-15-12-23-25(13-15)18-7-5-17(21)6-8-18/h5-9,12-13,16,20,22H,2-4,10-11H2,1H3/t16-,20+/m0/s1. The van der Waals surface area contributed by atoms with E-state index in [0.717, 1.165) is 35.7 Å². The average Bonchev–Trinajstić information content (AvgIpc) is 3.36. The van der Waals surface area contributed by atoms with Gasteiger partial charge in [0.15, 0.2) is 0 Å². The highest BCUT2D eigenvalue weighted by Gasteiger charge is 2.28. The zero-order chi connectivity index (χ0) is 17.9. The molecule has 1 aliphatic rings. The van der Waals surface area contributed by atoms with Crippen LogP contribution < -0.4 is 5.32 Å². The Morgan fingerprint density at radius 3 is 2.88 bits per heavy atom. The van der Waals surface area contributed by atoms with Crippen LogP contribution in [0.4, 0.5) is 4.39 Å². The number of halogens is 1. The Bertz CT molecular complexity index is 855. The van der Waals surface area contributed by atoms with Crippen LogP contribution in [0.15, 0.2) is 47.2 Å². The van der Waals surface area contributed by atoms with Crippen molar-refractivity contribution in [3.63, 3.8) is 0 Å². The Hall–Kier alpha value is -2.47. The van der Waals surface area contributed by atoms with Gasteiger partial charge in [0.05, 0.1) is 17.6 Å². The van der Waals surface area contributed by atoms with E-state index in [9.17, 15) is 4.39 Å². The predicted octanol–water partition coefficient (Wildman–Crippen LogP) is 3.81. The van der Waals surface area contributed by atoms with Crippen molar-refractivity contribution in [1.82, 2.24) is 20.3 Å². The Morgan fingerprint density at radius 2 is 2.12 bits per heavy atom. The third kappa shape index (κ3) is 3.85. The van der Waals surface area contributed by atoms with E-state index >= 15 is 0 Å². The van der Waals surface area contributed by atoms with E-state index in [1.54, 1.807) is 16.8 Å². The van der Waals surface area contributed by atoms with Crippen molar-refractivity contribution in [3.8, 4) is 5.69 Å². The van der Waals surface area contributed by atoms with Gasteiger partial charge in [0.2, 0.25) is 0 Å². The van der Waals surface area contributed by atoms with Crippen LogP contribution >= 0.6 is 0 Å². The molecule has 5 nitrogen and oxygen atoms in total. The Kier molecular flexibility index (Phi) is 4.84. The maximum atomic E-state index is 13.0. The van der Waals surface area contributed by atoms with Crippen LogP contribution in [0.5, 0.6) is 0 Å². The third-order valence-electron chi connectivity index (χ3n) is 5.09. The van der Waals surface area contributed by atoms with Crippen molar-refractivity contribution in [3.05, 3.63) is 65.6 Å². The number of rotatable bonds is 6. The zero-order valence-corrected chi connectivity index (χ0v) is 14.9. The number of nitrogens with zero attached hydrogens (tertiary/aromatic N) is 3. The second-order valence-electron chi connectivity index (χ2n) is 7.09. The van der Waals surface area contributed by atoms with Gasteiger partial charge in [-0.25, -0.2) is 9.07 Å². The monoisotopic (exact) mass is 354 g/mol. The van der Waals surface area contributed by atoms with Gasteiger partial charge in [-0.3, -0.25) is 0 Å². The fourth-order valence-electron chi connectivity index (χ4n) is 3.76. The van der Waals surface area contributed by atoms with Gasteiger partial charge in [-0.15, -0.1) is 0 Å². The fourth-order valence-corrected chi connectivity index (χ4v) is 3.76. The summed E-state index contributed by atoms with van der Waals surface area (Å²) in [4.78, 5) is 0. The molecule has 136 valence electrons. The lowest BCUT2D eigenvalue weighted by Crippen LogP contribution is -2.32. The maximum Gasteiger partial charge on any atom is 0.137 e. The molecule has 2 aromatic heterocycles. The molecule has 0 bridgehead atoms. The molecule has 4 rings (SSSR count). The largest absolute Gasteiger partial charge is 0.361 e. The minimum atomic E-state index is -0.239. The van der Waals surface area contributed by atoms with Gasteiger partial charge in [-0.05, 0) is 49.9 Å². The molecule has 26 heavy (non-hydrogen) atoms. The molecule has 2 heterocycles. The Morgan fingerprint density at radius 1 is 1.27 bits per heavy atom. The van der Waals surface area contributed by atoms with Crippen molar-refractivity contribution in [2.45, 2.75) is 45.2 Å². The molecule has 1 fully saturated rings. The summed E-state index contributed by atoms with van der Waals surface area (Å²) in [6.07, 6.45) is 8.43. The molecular formula is C20H23FN4O. The zero-order valence-electron chi connectivity index (χ0n) is 14.9. The van der Waals surface area contributed by atoms with Gasteiger partial charge in [-0.2, -0.15) is 5.10 Å². The van der Waals surface area contributed by atoms with Gasteiger partial charge >= 0.3 is 0 Å². The highest BCUT2D eigenvalue weighted by atomic mass is 19.1. The summed E-state index contributed by atoms with van der Waals surface area (Å²) < 4.78 is 20.2. The smallest absolute Gasteiger partial charge is 0.137 e. The molecule has 1 saturated carbocycles. The average molecular weight is 354 g/mol. The second kappa shape index (κ2) is 7.41. The van der Waals surface area contributed by atoms with Crippen molar-refractivity contribution in [1.29, 1.82) is 0 Å². The lowest BCUT2D eigenvalue weighted by atomic mass is 9.98. The first-order valence-electron chi connectivity index (χ1n) is 9.12. The first kappa shape index (κ1) is 17.0. The molecule has 0 spiro atoms. The Balaban J connectivity index is 1.35. The molecule has 1 aliphatic carbocycles. The molecule has 3 aromatic rings. The van der Waals surface area contributed by atoms with Crippen LogP contribution in [-0.4, -0.2) is 21.0 Å².